The second-order valence-electron chi connectivity index (χ2n) is 5.63. The summed E-state index contributed by atoms with van der Waals surface area (Å²) in [5, 5.41) is 4.91. The van der Waals surface area contributed by atoms with Crippen molar-refractivity contribution in [2.45, 2.75) is 52.9 Å². The molecule has 1 unspecified atom stereocenters. The molecule has 0 aliphatic rings. The van der Waals surface area contributed by atoms with Crippen molar-refractivity contribution in [1.29, 1.82) is 0 Å². The molecular formula is C17H27Cl2N. The topological polar surface area (TPSA) is 12.0 Å². The fourth-order valence-corrected chi connectivity index (χ4v) is 3.08. The van der Waals surface area contributed by atoms with Crippen molar-refractivity contribution in [2.24, 2.45) is 5.41 Å². The third-order valence-electron chi connectivity index (χ3n) is 4.16. The highest BCUT2D eigenvalue weighted by atomic mass is 35.5. The lowest BCUT2D eigenvalue weighted by Gasteiger charge is -2.34. The highest BCUT2D eigenvalue weighted by Gasteiger charge is 2.28. The van der Waals surface area contributed by atoms with Crippen molar-refractivity contribution >= 4 is 23.2 Å². The van der Waals surface area contributed by atoms with Crippen LogP contribution in [0.3, 0.4) is 0 Å². The fraction of sp³-hybridized carbons (Fsp3) is 0.647. The van der Waals surface area contributed by atoms with E-state index in [0.29, 0.717) is 5.02 Å². The molecule has 0 spiro atoms. The molecular weight excluding hydrogens is 289 g/mol. The second-order valence-corrected chi connectivity index (χ2v) is 6.41. The van der Waals surface area contributed by atoms with Crippen LogP contribution in [0.15, 0.2) is 18.2 Å². The minimum absolute atomic E-state index is 0.278. The maximum atomic E-state index is 6.37. The molecule has 20 heavy (non-hydrogen) atoms. The first-order valence-electron chi connectivity index (χ1n) is 7.72. The normalized spacial score (nSPS) is 14.2. The summed E-state index contributed by atoms with van der Waals surface area (Å²) in [7, 11) is 0. The van der Waals surface area contributed by atoms with E-state index in [0.717, 1.165) is 31.0 Å². The fourth-order valence-electron chi connectivity index (χ4n) is 2.70. The molecule has 1 nitrogen and oxygen atoms in total. The molecule has 1 aromatic carbocycles. The molecule has 0 aliphatic carbocycles. The number of unbranched alkanes of at least 4 members (excludes halogenated alkanes) is 1. The molecule has 0 bridgehead atoms. The van der Waals surface area contributed by atoms with Crippen molar-refractivity contribution in [3.8, 4) is 0 Å². The van der Waals surface area contributed by atoms with Crippen LogP contribution in [0.2, 0.25) is 10.0 Å². The first-order chi connectivity index (χ1) is 9.58. The van der Waals surface area contributed by atoms with E-state index in [-0.39, 0.29) is 5.41 Å². The lowest BCUT2D eigenvalue weighted by molar-refractivity contribution is 0.231. The van der Waals surface area contributed by atoms with Gasteiger partial charge in [0.15, 0.2) is 0 Å². The summed E-state index contributed by atoms with van der Waals surface area (Å²) in [6, 6.07) is 5.96. The van der Waals surface area contributed by atoms with E-state index in [1.807, 2.05) is 12.1 Å². The molecule has 0 aromatic heterocycles. The van der Waals surface area contributed by atoms with Gasteiger partial charge in [0.1, 0.15) is 0 Å². The Bertz CT molecular complexity index is 396. The lowest BCUT2D eigenvalue weighted by atomic mass is 9.75. The summed E-state index contributed by atoms with van der Waals surface area (Å²) in [6.07, 6.45) is 5.88. The molecule has 0 heterocycles. The maximum absolute atomic E-state index is 6.37. The molecule has 0 saturated heterocycles. The van der Waals surface area contributed by atoms with Crippen LogP contribution in [0, 0.1) is 5.41 Å². The van der Waals surface area contributed by atoms with E-state index in [1.165, 1.54) is 24.8 Å². The van der Waals surface area contributed by atoms with E-state index < -0.39 is 0 Å². The van der Waals surface area contributed by atoms with Crippen LogP contribution >= 0.6 is 23.2 Å². The van der Waals surface area contributed by atoms with Crippen molar-refractivity contribution in [3.05, 3.63) is 33.8 Å². The van der Waals surface area contributed by atoms with Crippen LogP contribution in [0.4, 0.5) is 0 Å². The van der Waals surface area contributed by atoms with Gasteiger partial charge in [-0.3, -0.25) is 0 Å². The molecule has 114 valence electrons. The van der Waals surface area contributed by atoms with Gasteiger partial charge in [0.05, 0.1) is 10.0 Å². The highest BCUT2D eigenvalue weighted by Crippen LogP contribution is 2.36. The Labute approximate surface area is 134 Å². The molecule has 0 aliphatic heterocycles. The van der Waals surface area contributed by atoms with Crippen molar-refractivity contribution in [1.82, 2.24) is 5.32 Å². The van der Waals surface area contributed by atoms with E-state index in [9.17, 15) is 0 Å². The summed E-state index contributed by atoms with van der Waals surface area (Å²) >= 11 is 12.5. The number of benzene rings is 1. The third-order valence-corrected chi connectivity index (χ3v) is 5.02. The van der Waals surface area contributed by atoms with Gasteiger partial charge in [0, 0.05) is 6.54 Å². The molecule has 0 fully saturated rings. The first kappa shape index (κ1) is 17.8. The molecule has 1 N–H and O–H groups in total. The molecule has 0 radical (unpaired) electrons. The SMILES string of the molecule is CCCCC(CC)(CNCC)Cc1cccc(Cl)c1Cl. The molecule has 1 rings (SSSR count). The van der Waals surface area contributed by atoms with Gasteiger partial charge in [0.2, 0.25) is 0 Å². The van der Waals surface area contributed by atoms with Crippen LogP contribution in [0.1, 0.15) is 52.0 Å². The maximum Gasteiger partial charge on any atom is 0.0624 e. The molecule has 1 aromatic rings. The Balaban J connectivity index is 2.94. The molecule has 1 atom stereocenters. The van der Waals surface area contributed by atoms with Crippen LogP contribution < -0.4 is 5.32 Å². The Hall–Kier alpha value is -0.240. The zero-order valence-electron chi connectivity index (χ0n) is 12.9. The standard InChI is InChI=1S/C17H27Cl2N/c1-4-7-11-17(5-2,13-20-6-3)12-14-9-8-10-15(18)16(14)19/h8-10,20H,4-7,11-13H2,1-3H3. The van der Waals surface area contributed by atoms with Crippen LogP contribution in [0.5, 0.6) is 0 Å². The zero-order valence-corrected chi connectivity index (χ0v) is 14.4. The summed E-state index contributed by atoms with van der Waals surface area (Å²) in [4.78, 5) is 0. The summed E-state index contributed by atoms with van der Waals surface area (Å²) < 4.78 is 0. The monoisotopic (exact) mass is 315 g/mol. The van der Waals surface area contributed by atoms with Crippen LogP contribution in [-0.2, 0) is 6.42 Å². The van der Waals surface area contributed by atoms with Gasteiger partial charge < -0.3 is 5.32 Å². The minimum atomic E-state index is 0.278. The molecule has 0 saturated carbocycles. The largest absolute Gasteiger partial charge is 0.316 e. The minimum Gasteiger partial charge on any atom is -0.316 e. The average Bonchev–Trinajstić information content (AvgIpc) is 2.47. The Morgan fingerprint density at radius 2 is 1.90 bits per heavy atom. The summed E-state index contributed by atoms with van der Waals surface area (Å²) in [5.41, 5.74) is 1.45. The lowest BCUT2D eigenvalue weighted by Crippen LogP contribution is -2.36. The highest BCUT2D eigenvalue weighted by molar-refractivity contribution is 6.42. The van der Waals surface area contributed by atoms with E-state index >= 15 is 0 Å². The van der Waals surface area contributed by atoms with Crippen molar-refractivity contribution < 1.29 is 0 Å². The number of hydrogen-bond donors (Lipinski definition) is 1. The third kappa shape index (κ3) is 4.95. The van der Waals surface area contributed by atoms with Gasteiger partial charge in [-0.15, -0.1) is 0 Å². The summed E-state index contributed by atoms with van der Waals surface area (Å²) in [5.74, 6) is 0. The smallest absolute Gasteiger partial charge is 0.0624 e. The first-order valence-corrected chi connectivity index (χ1v) is 8.47. The Morgan fingerprint density at radius 3 is 2.50 bits per heavy atom. The van der Waals surface area contributed by atoms with Crippen molar-refractivity contribution in [2.75, 3.05) is 13.1 Å². The van der Waals surface area contributed by atoms with Crippen LogP contribution in [-0.4, -0.2) is 13.1 Å². The summed E-state index contributed by atoms with van der Waals surface area (Å²) in [6.45, 7) is 8.75. The number of nitrogens with one attached hydrogen (secondary N) is 1. The van der Waals surface area contributed by atoms with E-state index in [4.69, 9.17) is 23.2 Å². The van der Waals surface area contributed by atoms with Gasteiger partial charge in [-0.05, 0) is 42.9 Å². The van der Waals surface area contributed by atoms with E-state index in [2.05, 4.69) is 32.2 Å². The van der Waals surface area contributed by atoms with Gasteiger partial charge in [-0.2, -0.15) is 0 Å². The van der Waals surface area contributed by atoms with Gasteiger partial charge in [-0.25, -0.2) is 0 Å². The predicted octanol–water partition coefficient (Wildman–Crippen LogP) is 5.73. The average molecular weight is 316 g/mol. The Morgan fingerprint density at radius 1 is 1.15 bits per heavy atom. The van der Waals surface area contributed by atoms with Gasteiger partial charge >= 0.3 is 0 Å². The molecule has 0 amide bonds. The quantitative estimate of drug-likeness (QED) is 0.613. The number of halogens is 2. The van der Waals surface area contributed by atoms with Gasteiger partial charge in [0.25, 0.3) is 0 Å². The van der Waals surface area contributed by atoms with Crippen LogP contribution in [0.25, 0.3) is 0 Å². The number of rotatable bonds is 9. The molecule has 3 heteroatoms. The van der Waals surface area contributed by atoms with E-state index in [1.54, 1.807) is 0 Å². The number of hydrogen-bond acceptors (Lipinski definition) is 1. The zero-order chi connectivity index (χ0) is 15.0. The van der Waals surface area contributed by atoms with Gasteiger partial charge in [-0.1, -0.05) is 68.9 Å². The second kappa shape index (κ2) is 8.92. The van der Waals surface area contributed by atoms with Crippen molar-refractivity contribution in [3.63, 3.8) is 0 Å². The predicted molar refractivity (Wildman–Crippen MR) is 91.0 cm³/mol. The Kier molecular flexibility index (Phi) is 7.94.